The SMILES string of the molecule is COC(=O)c1cccc2c1CCNC2=O.O=C1NCCc2c(CO)cccc21. The van der Waals surface area contributed by atoms with Crippen LogP contribution >= 0.6 is 0 Å². The van der Waals surface area contributed by atoms with Gasteiger partial charge in [-0.1, -0.05) is 18.2 Å². The summed E-state index contributed by atoms with van der Waals surface area (Å²) in [6.45, 7) is 1.25. The van der Waals surface area contributed by atoms with Crippen molar-refractivity contribution in [3.05, 3.63) is 69.8 Å². The molecule has 0 atom stereocenters. The average Bonchev–Trinajstić information content (AvgIpc) is 2.73. The molecule has 0 fully saturated rings. The summed E-state index contributed by atoms with van der Waals surface area (Å²) >= 11 is 0. The highest BCUT2D eigenvalue weighted by Crippen LogP contribution is 2.19. The second-order valence-corrected chi connectivity index (χ2v) is 6.44. The largest absolute Gasteiger partial charge is 0.465 e. The lowest BCUT2D eigenvalue weighted by Gasteiger charge is -2.18. The van der Waals surface area contributed by atoms with Crippen molar-refractivity contribution in [2.45, 2.75) is 19.4 Å². The first-order valence-electron chi connectivity index (χ1n) is 9.05. The molecule has 0 bridgehead atoms. The molecule has 0 aromatic heterocycles. The van der Waals surface area contributed by atoms with Crippen LogP contribution in [0.3, 0.4) is 0 Å². The summed E-state index contributed by atoms with van der Waals surface area (Å²) in [4.78, 5) is 34.3. The Kier molecular flexibility index (Phi) is 6.06. The molecule has 2 aromatic carbocycles. The summed E-state index contributed by atoms with van der Waals surface area (Å²) in [5.74, 6) is -0.542. The van der Waals surface area contributed by atoms with E-state index in [2.05, 4.69) is 15.4 Å². The van der Waals surface area contributed by atoms with Gasteiger partial charge in [-0.2, -0.15) is 0 Å². The van der Waals surface area contributed by atoms with Crippen molar-refractivity contribution in [1.82, 2.24) is 10.6 Å². The van der Waals surface area contributed by atoms with Gasteiger partial charge in [0, 0.05) is 24.2 Å². The number of aliphatic hydroxyl groups is 1. The van der Waals surface area contributed by atoms with Gasteiger partial charge in [-0.15, -0.1) is 0 Å². The predicted molar refractivity (Wildman–Crippen MR) is 102 cm³/mol. The molecule has 2 amide bonds. The molecule has 0 saturated heterocycles. The molecule has 3 N–H and O–H groups in total. The van der Waals surface area contributed by atoms with Crippen LogP contribution in [0.4, 0.5) is 0 Å². The lowest BCUT2D eigenvalue weighted by atomic mass is 9.95. The molecule has 146 valence electrons. The van der Waals surface area contributed by atoms with Crippen LogP contribution in [0, 0.1) is 0 Å². The number of carbonyl (C=O) groups is 3. The quantitative estimate of drug-likeness (QED) is 0.678. The fourth-order valence-corrected chi connectivity index (χ4v) is 3.45. The van der Waals surface area contributed by atoms with Crippen molar-refractivity contribution in [2.75, 3.05) is 20.2 Å². The fraction of sp³-hybridized carbons (Fsp3) is 0.286. The topological polar surface area (TPSA) is 105 Å². The maximum Gasteiger partial charge on any atom is 0.338 e. The molecule has 2 aromatic rings. The first-order valence-corrected chi connectivity index (χ1v) is 9.05. The van der Waals surface area contributed by atoms with Crippen LogP contribution in [0.15, 0.2) is 36.4 Å². The predicted octanol–water partition coefficient (Wildman–Crippen LogP) is 1.22. The molecule has 2 aliphatic heterocycles. The Labute approximate surface area is 162 Å². The molecular formula is C21H22N2O5. The normalized spacial score (nSPS) is 14.5. The van der Waals surface area contributed by atoms with Crippen LogP contribution < -0.4 is 10.6 Å². The van der Waals surface area contributed by atoms with E-state index in [1.807, 2.05) is 6.07 Å². The second-order valence-electron chi connectivity index (χ2n) is 6.44. The van der Waals surface area contributed by atoms with Crippen LogP contribution in [-0.2, 0) is 24.2 Å². The summed E-state index contributed by atoms with van der Waals surface area (Å²) in [6.07, 6.45) is 1.49. The minimum atomic E-state index is -0.387. The molecule has 28 heavy (non-hydrogen) atoms. The van der Waals surface area contributed by atoms with Crippen LogP contribution in [-0.4, -0.2) is 43.1 Å². The van der Waals surface area contributed by atoms with E-state index in [4.69, 9.17) is 5.11 Å². The van der Waals surface area contributed by atoms with Gasteiger partial charge in [-0.25, -0.2) is 4.79 Å². The molecule has 0 unspecified atom stereocenters. The third kappa shape index (κ3) is 3.89. The molecule has 2 aliphatic rings. The second kappa shape index (κ2) is 8.67. The van der Waals surface area contributed by atoms with Gasteiger partial charge in [-0.05, 0) is 47.7 Å². The number of esters is 1. The highest BCUT2D eigenvalue weighted by Gasteiger charge is 2.22. The summed E-state index contributed by atoms with van der Waals surface area (Å²) in [7, 11) is 1.34. The number of hydrogen-bond donors (Lipinski definition) is 3. The lowest BCUT2D eigenvalue weighted by molar-refractivity contribution is 0.0599. The van der Waals surface area contributed by atoms with Crippen molar-refractivity contribution >= 4 is 17.8 Å². The van der Waals surface area contributed by atoms with E-state index in [1.54, 1.807) is 30.3 Å². The summed E-state index contributed by atoms with van der Waals surface area (Å²) in [5.41, 5.74) is 4.42. The van der Waals surface area contributed by atoms with E-state index in [1.165, 1.54) is 7.11 Å². The third-order valence-corrected chi connectivity index (χ3v) is 4.84. The third-order valence-electron chi connectivity index (χ3n) is 4.84. The molecule has 0 aliphatic carbocycles. The van der Waals surface area contributed by atoms with E-state index in [0.717, 1.165) is 23.1 Å². The van der Waals surface area contributed by atoms with E-state index in [9.17, 15) is 14.4 Å². The van der Waals surface area contributed by atoms with Gasteiger partial charge >= 0.3 is 5.97 Å². The molecule has 4 rings (SSSR count). The van der Waals surface area contributed by atoms with E-state index >= 15 is 0 Å². The highest BCUT2D eigenvalue weighted by atomic mass is 16.5. The lowest BCUT2D eigenvalue weighted by Crippen LogP contribution is -2.33. The van der Waals surface area contributed by atoms with Crippen LogP contribution in [0.25, 0.3) is 0 Å². The molecule has 0 spiro atoms. The van der Waals surface area contributed by atoms with E-state index in [-0.39, 0.29) is 24.4 Å². The Morgan fingerprint density at radius 2 is 1.54 bits per heavy atom. The molecular weight excluding hydrogens is 360 g/mol. The molecule has 2 heterocycles. The maximum atomic E-state index is 11.5. The number of nitrogens with one attached hydrogen (secondary N) is 2. The molecule has 7 heteroatoms. The van der Waals surface area contributed by atoms with Crippen LogP contribution in [0.2, 0.25) is 0 Å². The highest BCUT2D eigenvalue weighted by molar-refractivity contribution is 6.01. The average molecular weight is 382 g/mol. The van der Waals surface area contributed by atoms with Gasteiger partial charge in [0.15, 0.2) is 0 Å². The summed E-state index contributed by atoms with van der Waals surface area (Å²) in [6, 6.07) is 10.5. The summed E-state index contributed by atoms with van der Waals surface area (Å²) < 4.78 is 4.67. The zero-order valence-electron chi connectivity index (χ0n) is 15.6. The number of aliphatic hydroxyl groups excluding tert-OH is 1. The zero-order chi connectivity index (χ0) is 20.1. The van der Waals surface area contributed by atoms with Crippen molar-refractivity contribution in [3.8, 4) is 0 Å². The first kappa shape index (κ1) is 19.6. The van der Waals surface area contributed by atoms with E-state index < -0.39 is 0 Å². The smallest absolute Gasteiger partial charge is 0.338 e. The van der Waals surface area contributed by atoms with Crippen molar-refractivity contribution < 1.29 is 24.2 Å². The zero-order valence-corrected chi connectivity index (χ0v) is 15.6. The number of rotatable bonds is 2. The number of benzene rings is 2. The number of amides is 2. The number of fused-ring (bicyclic) bond motifs is 2. The Balaban J connectivity index is 0.000000162. The van der Waals surface area contributed by atoms with Gasteiger partial charge < -0.3 is 20.5 Å². The molecule has 0 saturated carbocycles. The Morgan fingerprint density at radius 3 is 2.14 bits per heavy atom. The van der Waals surface area contributed by atoms with Gasteiger partial charge in [-0.3, -0.25) is 9.59 Å². The van der Waals surface area contributed by atoms with Crippen molar-refractivity contribution in [1.29, 1.82) is 0 Å². The number of hydrogen-bond acceptors (Lipinski definition) is 5. The Bertz CT molecular complexity index is 923. The van der Waals surface area contributed by atoms with Crippen molar-refractivity contribution in [2.24, 2.45) is 0 Å². The first-order chi connectivity index (χ1) is 13.6. The van der Waals surface area contributed by atoms with E-state index in [0.29, 0.717) is 36.2 Å². The fourth-order valence-electron chi connectivity index (χ4n) is 3.45. The summed E-state index contributed by atoms with van der Waals surface area (Å²) in [5, 5.41) is 14.5. The maximum absolute atomic E-state index is 11.5. The van der Waals surface area contributed by atoms with Gasteiger partial charge in [0.05, 0.1) is 19.3 Å². The minimum Gasteiger partial charge on any atom is -0.465 e. The van der Waals surface area contributed by atoms with Crippen LogP contribution in [0.5, 0.6) is 0 Å². The Hall–Kier alpha value is -3.19. The van der Waals surface area contributed by atoms with Crippen LogP contribution in [0.1, 0.15) is 47.8 Å². The number of ether oxygens (including phenoxy) is 1. The van der Waals surface area contributed by atoms with Gasteiger partial charge in [0.2, 0.25) is 0 Å². The molecule has 7 nitrogen and oxygen atoms in total. The number of methoxy groups -OCH3 is 1. The monoisotopic (exact) mass is 382 g/mol. The standard InChI is InChI=1S/C11H11NO3.C10H11NO2/c1-15-11(14)9-4-2-3-8-7(9)5-6-12-10(8)13;12-6-7-2-1-3-9-8(7)4-5-11-10(9)13/h2-4H,5-6H2,1H3,(H,12,13);1-3,12H,4-6H2,(H,11,13). The Morgan fingerprint density at radius 1 is 0.964 bits per heavy atom. The minimum absolute atomic E-state index is 0.0104. The van der Waals surface area contributed by atoms with Crippen molar-refractivity contribution in [3.63, 3.8) is 0 Å². The van der Waals surface area contributed by atoms with Gasteiger partial charge in [0.1, 0.15) is 0 Å². The number of carbonyl (C=O) groups excluding carboxylic acids is 3. The van der Waals surface area contributed by atoms with Gasteiger partial charge in [0.25, 0.3) is 11.8 Å². The molecule has 0 radical (unpaired) electrons.